The van der Waals surface area contributed by atoms with E-state index in [0.717, 1.165) is 0 Å². The lowest BCUT2D eigenvalue weighted by atomic mass is 10.0. The zero-order valence-electron chi connectivity index (χ0n) is 11.5. The predicted molar refractivity (Wildman–Crippen MR) is 83.4 cm³/mol. The molecule has 3 N–H and O–H groups in total. The molecule has 116 valence electrons. The first kappa shape index (κ1) is 16.3. The number of carbonyl (C=O) groups excluding carboxylic acids is 1. The minimum absolute atomic E-state index is 0.0492. The SMILES string of the molecule is COC1=CC(=C=O)C(NS(=O)(=O)c2ccc(N)c(Cl)c2)C=C1. The summed E-state index contributed by atoms with van der Waals surface area (Å²) in [4.78, 5) is 10.9. The third-order valence-electron chi connectivity index (χ3n) is 3.00. The van der Waals surface area contributed by atoms with Gasteiger partial charge < -0.3 is 10.5 Å². The molecule has 2 rings (SSSR count). The molecule has 0 aliphatic heterocycles. The van der Waals surface area contributed by atoms with E-state index in [9.17, 15) is 13.2 Å². The average molecular weight is 341 g/mol. The van der Waals surface area contributed by atoms with Gasteiger partial charge in [0.1, 0.15) is 11.7 Å². The third-order valence-corrected chi connectivity index (χ3v) is 4.77. The number of nitrogens with one attached hydrogen (secondary N) is 1. The Balaban J connectivity index is 2.29. The van der Waals surface area contributed by atoms with E-state index in [2.05, 4.69) is 4.72 Å². The normalized spacial score (nSPS) is 17.8. The lowest BCUT2D eigenvalue weighted by Crippen LogP contribution is -2.35. The Morgan fingerprint density at radius 1 is 1.41 bits per heavy atom. The summed E-state index contributed by atoms with van der Waals surface area (Å²) in [5.41, 5.74) is 5.95. The molecule has 0 saturated carbocycles. The first-order valence-electron chi connectivity index (χ1n) is 6.13. The molecule has 0 spiro atoms. The van der Waals surface area contributed by atoms with Crippen molar-refractivity contribution in [2.75, 3.05) is 12.8 Å². The molecule has 0 bridgehead atoms. The number of benzene rings is 1. The highest BCUT2D eigenvalue weighted by Gasteiger charge is 2.24. The predicted octanol–water partition coefficient (Wildman–Crippen LogP) is 1.43. The number of nitrogen functional groups attached to an aromatic ring is 1. The van der Waals surface area contributed by atoms with Crippen molar-refractivity contribution in [2.24, 2.45) is 0 Å². The number of rotatable bonds is 4. The van der Waals surface area contributed by atoms with E-state index >= 15 is 0 Å². The molecule has 0 aromatic heterocycles. The molecular weight excluding hydrogens is 328 g/mol. The first-order chi connectivity index (χ1) is 10.4. The Labute approximate surface area is 133 Å². The highest BCUT2D eigenvalue weighted by molar-refractivity contribution is 7.89. The van der Waals surface area contributed by atoms with Crippen LogP contribution in [0.1, 0.15) is 0 Å². The highest BCUT2D eigenvalue weighted by Crippen LogP contribution is 2.23. The van der Waals surface area contributed by atoms with Gasteiger partial charge in [-0.05, 0) is 30.4 Å². The van der Waals surface area contributed by atoms with E-state index in [1.165, 1.54) is 37.5 Å². The summed E-state index contributed by atoms with van der Waals surface area (Å²) in [6, 6.07) is 3.13. The maximum atomic E-state index is 12.3. The van der Waals surface area contributed by atoms with Crippen LogP contribution in [0.25, 0.3) is 0 Å². The molecule has 1 aromatic carbocycles. The van der Waals surface area contributed by atoms with Gasteiger partial charge in [-0.1, -0.05) is 17.7 Å². The molecule has 1 aliphatic carbocycles. The van der Waals surface area contributed by atoms with Gasteiger partial charge in [-0.2, -0.15) is 4.72 Å². The van der Waals surface area contributed by atoms with Crippen molar-refractivity contribution in [3.8, 4) is 0 Å². The lowest BCUT2D eigenvalue weighted by molar-refractivity contribution is 0.305. The van der Waals surface area contributed by atoms with Crippen LogP contribution >= 0.6 is 11.6 Å². The molecule has 0 radical (unpaired) electrons. The molecule has 6 nitrogen and oxygen atoms in total. The van der Waals surface area contributed by atoms with E-state index < -0.39 is 16.1 Å². The molecular formula is C14H13ClN2O4S. The standard InChI is InChI=1S/C14H13ClN2O4S/c1-21-10-2-5-14(9(6-10)8-18)17-22(19,20)11-3-4-13(16)12(15)7-11/h2-7,14,17H,16H2,1H3. The maximum absolute atomic E-state index is 12.3. The number of anilines is 1. The number of hydrogen-bond acceptors (Lipinski definition) is 5. The summed E-state index contributed by atoms with van der Waals surface area (Å²) in [7, 11) is -2.43. The Morgan fingerprint density at radius 3 is 2.73 bits per heavy atom. The monoisotopic (exact) mass is 340 g/mol. The first-order valence-corrected chi connectivity index (χ1v) is 7.99. The van der Waals surface area contributed by atoms with Crippen molar-refractivity contribution in [1.82, 2.24) is 4.72 Å². The summed E-state index contributed by atoms with van der Waals surface area (Å²) in [6.45, 7) is 0. The number of ether oxygens (including phenoxy) is 1. The van der Waals surface area contributed by atoms with Gasteiger partial charge in [-0.15, -0.1) is 0 Å². The van der Waals surface area contributed by atoms with Crippen LogP contribution in [0.3, 0.4) is 0 Å². The number of nitrogens with two attached hydrogens (primary N) is 1. The largest absolute Gasteiger partial charge is 0.497 e. The molecule has 8 heteroatoms. The fraction of sp³-hybridized carbons (Fsp3) is 0.143. The van der Waals surface area contributed by atoms with Gasteiger partial charge in [-0.3, -0.25) is 0 Å². The van der Waals surface area contributed by atoms with Gasteiger partial charge in [-0.25, -0.2) is 13.2 Å². The van der Waals surface area contributed by atoms with Gasteiger partial charge in [0.15, 0.2) is 0 Å². The van der Waals surface area contributed by atoms with Crippen LogP contribution in [0.15, 0.2) is 52.7 Å². The molecule has 0 heterocycles. The molecule has 1 aromatic rings. The Hall–Kier alpha value is -2.05. The van der Waals surface area contributed by atoms with Gasteiger partial charge in [0.2, 0.25) is 10.0 Å². The average Bonchev–Trinajstić information content (AvgIpc) is 2.50. The number of allylic oxidation sites excluding steroid dienone is 1. The molecule has 0 fully saturated rings. The second-order valence-electron chi connectivity index (χ2n) is 4.45. The van der Waals surface area contributed by atoms with E-state index in [4.69, 9.17) is 22.1 Å². The van der Waals surface area contributed by atoms with Crippen LogP contribution in [0.2, 0.25) is 5.02 Å². The van der Waals surface area contributed by atoms with Crippen LogP contribution in [0.5, 0.6) is 0 Å². The van der Waals surface area contributed by atoms with Crippen molar-refractivity contribution in [1.29, 1.82) is 0 Å². The third kappa shape index (κ3) is 3.40. The Morgan fingerprint density at radius 2 is 2.14 bits per heavy atom. The van der Waals surface area contributed by atoms with E-state index in [1.807, 2.05) is 0 Å². The number of hydrogen-bond donors (Lipinski definition) is 2. The minimum atomic E-state index is -3.88. The highest BCUT2D eigenvalue weighted by atomic mass is 35.5. The van der Waals surface area contributed by atoms with E-state index in [0.29, 0.717) is 5.76 Å². The summed E-state index contributed by atoms with van der Waals surface area (Å²) in [6.07, 6.45) is 4.47. The van der Waals surface area contributed by atoms with Crippen LogP contribution in [-0.4, -0.2) is 27.5 Å². The second kappa shape index (κ2) is 6.37. The molecule has 0 amide bonds. The second-order valence-corrected chi connectivity index (χ2v) is 6.57. The van der Waals surface area contributed by atoms with Crippen molar-refractivity contribution in [3.05, 3.63) is 52.8 Å². The van der Waals surface area contributed by atoms with Crippen molar-refractivity contribution >= 4 is 33.3 Å². The van der Waals surface area contributed by atoms with Crippen LogP contribution < -0.4 is 10.5 Å². The topological polar surface area (TPSA) is 98.5 Å². The molecule has 1 unspecified atom stereocenters. The van der Waals surface area contributed by atoms with Gasteiger partial charge in [0, 0.05) is 0 Å². The lowest BCUT2D eigenvalue weighted by Gasteiger charge is -2.18. The molecule has 1 aliphatic rings. The number of halogens is 1. The maximum Gasteiger partial charge on any atom is 0.241 e. The van der Waals surface area contributed by atoms with E-state index in [-0.39, 0.29) is 21.2 Å². The fourth-order valence-electron chi connectivity index (χ4n) is 1.82. The summed E-state index contributed by atoms with van der Waals surface area (Å²) in [5, 5.41) is 0.134. The zero-order chi connectivity index (χ0) is 16.3. The van der Waals surface area contributed by atoms with Crippen molar-refractivity contribution in [2.45, 2.75) is 10.9 Å². The van der Waals surface area contributed by atoms with E-state index in [1.54, 1.807) is 12.0 Å². The number of sulfonamides is 1. The molecule has 1 atom stereocenters. The smallest absolute Gasteiger partial charge is 0.241 e. The van der Waals surface area contributed by atoms with Crippen LogP contribution in [0.4, 0.5) is 5.69 Å². The Kier molecular flexibility index (Phi) is 4.73. The van der Waals surface area contributed by atoms with Crippen molar-refractivity contribution in [3.63, 3.8) is 0 Å². The van der Waals surface area contributed by atoms with Crippen LogP contribution in [0, 0.1) is 0 Å². The fourth-order valence-corrected chi connectivity index (χ4v) is 3.26. The van der Waals surface area contributed by atoms with Crippen molar-refractivity contribution < 1.29 is 17.9 Å². The zero-order valence-corrected chi connectivity index (χ0v) is 13.1. The quantitative estimate of drug-likeness (QED) is 0.638. The van der Waals surface area contributed by atoms with Gasteiger partial charge >= 0.3 is 0 Å². The summed E-state index contributed by atoms with van der Waals surface area (Å²) < 4.78 is 32.0. The minimum Gasteiger partial charge on any atom is -0.497 e. The summed E-state index contributed by atoms with van der Waals surface area (Å²) in [5.74, 6) is 2.13. The van der Waals surface area contributed by atoms with Gasteiger partial charge in [0.25, 0.3) is 0 Å². The number of methoxy groups -OCH3 is 1. The summed E-state index contributed by atoms with van der Waals surface area (Å²) >= 11 is 5.83. The van der Waals surface area contributed by atoms with Gasteiger partial charge in [0.05, 0.1) is 34.3 Å². The van der Waals surface area contributed by atoms with Crippen LogP contribution in [-0.2, 0) is 19.6 Å². The molecule has 22 heavy (non-hydrogen) atoms. The Bertz CT molecular complexity index is 808. The molecule has 0 saturated heterocycles.